The van der Waals surface area contributed by atoms with Crippen LogP contribution < -0.4 is 9.47 Å². The van der Waals surface area contributed by atoms with Crippen molar-refractivity contribution in [3.63, 3.8) is 0 Å². The van der Waals surface area contributed by atoms with Crippen LogP contribution in [-0.4, -0.2) is 19.5 Å². The Hall–Kier alpha value is -2.02. The minimum atomic E-state index is 0.157. The number of nitrogens with zero attached hydrogens (tertiary/aromatic N) is 1. The second-order valence-corrected chi connectivity index (χ2v) is 4.67. The number of ether oxygens (including phenoxy) is 2. The first-order chi connectivity index (χ1) is 9.24. The lowest BCUT2D eigenvalue weighted by Gasteiger charge is -2.12. The number of carbonyl (C=O) groups is 1. The molecule has 1 saturated carbocycles. The number of rotatable bonds is 5. The van der Waals surface area contributed by atoms with Gasteiger partial charge in [-0.2, -0.15) is 5.26 Å². The average molecular weight is 259 g/mol. The van der Waals surface area contributed by atoms with Crippen molar-refractivity contribution in [3.05, 3.63) is 23.8 Å². The van der Waals surface area contributed by atoms with Crippen molar-refractivity contribution in [1.82, 2.24) is 0 Å². The minimum Gasteiger partial charge on any atom is -0.493 e. The van der Waals surface area contributed by atoms with Crippen LogP contribution in [0.2, 0.25) is 0 Å². The van der Waals surface area contributed by atoms with Gasteiger partial charge in [-0.05, 0) is 31.4 Å². The number of carbonyl (C=O) groups excluding carboxylic acids is 1. The molecule has 1 unspecified atom stereocenters. The lowest BCUT2D eigenvalue weighted by Crippen LogP contribution is -2.11. The van der Waals surface area contributed by atoms with Crippen molar-refractivity contribution in [2.24, 2.45) is 5.92 Å². The van der Waals surface area contributed by atoms with E-state index < -0.39 is 0 Å². The molecule has 4 heteroatoms. The zero-order chi connectivity index (χ0) is 13.7. The van der Waals surface area contributed by atoms with Gasteiger partial charge < -0.3 is 9.47 Å². The summed E-state index contributed by atoms with van der Waals surface area (Å²) in [5.41, 5.74) is 0.537. The zero-order valence-corrected chi connectivity index (χ0v) is 11.0. The summed E-state index contributed by atoms with van der Waals surface area (Å²) in [6.45, 7) is 0.499. The highest BCUT2D eigenvalue weighted by atomic mass is 16.5. The largest absolute Gasteiger partial charge is 0.493 e. The average Bonchev–Trinajstić information content (AvgIpc) is 2.84. The number of Topliss-reactive ketones (excluding diaryl/α,β-unsaturated/α-hetero) is 1. The Bertz CT molecular complexity index is 505. The summed E-state index contributed by atoms with van der Waals surface area (Å²) in [4.78, 5) is 11.5. The molecule has 1 aromatic rings. The quantitative estimate of drug-likeness (QED) is 0.815. The van der Waals surface area contributed by atoms with Gasteiger partial charge in [-0.3, -0.25) is 4.79 Å². The van der Waals surface area contributed by atoms with Gasteiger partial charge in [0, 0.05) is 18.4 Å². The second-order valence-electron chi connectivity index (χ2n) is 4.67. The highest BCUT2D eigenvalue weighted by Crippen LogP contribution is 2.29. The van der Waals surface area contributed by atoms with Crippen molar-refractivity contribution in [1.29, 1.82) is 5.26 Å². The van der Waals surface area contributed by atoms with Gasteiger partial charge in [0.05, 0.1) is 25.3 Å². The molecule has 0 amide bonds. The highest BCUT2D eigenvalue weighted by Gasteiger charge is 2.24. The molecule has 0 radical (unpaired) electrons. The first-order valence-corrected chi connectivity index (χ1v) is 6.48. The summed E-state index contributed by atoms with van der Waals surface area (Å²) >= 11 is 0. The Labute approximate surface area is 112 Å². The SMILES string of the molecule is COc1cc(C#N)ccc1OCCC1CCCC1=O. The zero-order valence-electron chi connectivity index (χ0n) is 11.0. The maximum atomic E-state index is 11.5. The standard InChI is InChI=1S/C15H17NO3/c1-18-15-9-11(10-16)5-6-14(15)19-8-7-12-3-2-4-13(12)17/h5-6,9,12H,2-4,7-8H2,1H3. The molecule has 0 saturated heterocycles. The lowest BCUT2D eigenvalue weighted by molar-refractivity contribution is -0.121. The van der Waals surface area contributed by atoms with Gasteiger partial charge in [0.15, 0.2) is 11.5 Å². The Morgan fingerprint density at radius 2 is 2.26 bits per heavy atom. The molecule has 1 fully saturated rings. The van der Waals surface area contributed by atoms with Crippen molar-refractivity contribution in [2.75, 3.05) is 13.7 Å². The van der Waals surface area contributed by atoms with E-state index in [9.17, 15) is 4.79 Å². The number of benzene rings is 1. The van der Waals surface area contributed by atoms with E-state index in [0.717, 1.165) is 19.3 Å². The van der Waals surface area contributed by atoms with Crippen LogP contribution in [0.25, 0.3) is 0 Å². The van der Waals surface area contributed by atoms with Gasteiger partial charge in [-0.25, -0.2) is 0 Å². The third kappa shape index (κ3) is 3.25. The van der Waals surface area contributed by atoms with E-state index >= 15 is 0 Å². The van der Waals surface area contributed by atoms with E-state index in [1.54, 1.807) is 25.3 Å². The molecule has 1 aliphatic carbocycles. The molecule has 1 atom stereocenters. The molecule has 0 heterocycles. The number of ketones is 1. The third-order valence-electron chi connectivity index (χ3n) is 3.45. The maximum absolute atomic E-state index is 11.5. The Morgan fingerprint density at radius 1 is 1.42 bits per heavy atom. The minimum absolute atomic E-state index is 0.157. The first-order valence-electron chi connectivity index (χ1n) is 6.48. The Kier molecular flexibility index (Phi) is 4.40. The molecule has 0 aliphatic heterocycles. The molecule has 1 aliphatic rings. The normalized spacial score (nSPS) is 18.1. The van der Waals surface area contributed by atoms with Crippen molar-refractivity contribution in [2.45, 2.75) is 25.7 Å². The van der Waals surface area contributed by atoms with Gasteiger partial charge in [0.1, 0.15) is 5.78 Å². The van der Waals surface area contributed by atoms with E-state index in [-0.39, 0.29) is 5.92 Å². The van der Waals surface area contributed by atoms with Gasteiger partial charge in [0.25, 0.3) is 0 Å². The molecule has 0 aromatic heterocycles. The lowest BCUT2D eigenvalue weighted by atomic mass is 10.0. The molecular weight excluding hydrogens is 242 g/mol. The molecule has 0 spiro atoms. The fourth-order valence-corrected chi connectivity index (χ4v) is 2.36. The molecule has 0 bridgehead atoms. The smallest absolute Gasteiger partial charge is 0.162 e. The van der Waals surface area contributed by atoms with E-state index in [2.05, 4.69) is 6.07 Å². The molecule has 4 nitrogen and oxygen atoms in total. The van der Waals surface area contributed by atoms with E-state index in [1.807, 2.05) is 0 Å². The summed E-state index contributed by atoms with van der Waals surface area (Å²) in [5.74, 6) is 1.68. The molecule has 1 aromatic carbocycles. The van der Waals surface area contributed by atoms with E-state index in [1.165, 1.54) is 0 Å². The van der Waals surface area contributed by atoms with Crippen LogP contribution in [0, 0.1) is 17.2 Å². The van der Waals surface area contributed by atoms with Crippen molar-refractivity contribution >= 4 is 5.78 Å². The topological polar surface area (TPSA) is 59.3 Å². The maximum Gasteiger partial charge on any atom is 0.162 e. The van der Waals surface area contributed by atoms with Gasteiger partial charge in [-0.1, -0.05) is 0 Å². The number of methoxy groups -OCH3 is 1. The molecule has 0 N–H and O–H groups in total. The van der Waals surface area contributed by atoms with Gasteiger partial charge in [0.2, 0.25) is 0 Å². The summed E-state index contributed by atoms with van der Waals surface area (Å²) in [7, 11) is 1.55. The number of hydrogen-bond donors (Lipinski definition) is 0. The van der Waals surface area contributed by atoms with Crippen LogP contribution in [-0.2, 0) is 4.79 Å². The van der Waals surface area contributed by atoms with Crippen LogP contribution in [0.3, 0.4) is 0 Å². The molecule has 19 heavy (non-hydrogen) atoms. The number of hydrogen-bond acceptors (Lipinski definition) is 4. The molecular formula is C15H17NO3. The second kappa shape index (κ2) is 6.24. The molecule has 2 rings (SSSR count). The van der Waals surface area contributed by atoms with Crippen LogP contribution in [0.1, 0.15) is 31.2 Å². The van der Waals surface area contributed by atoms with Crippen LogP contribution in [0.15, 0.2) is 18.2 Å². The van der Waals surface area contributed by atoms with Crippen LogP contribution in [0.5, 0.6) is 11.5 Å². The van der Waals surface area contributed by atoms with E-state index in [0.29, 0.717) is 35.9 Å². The molecule has 100 valence electrons. The summed E-state index contributed by atoms with van der Waals surface area (Å²) in [6.07, 6.45) is 3.45. The van der Waals surface area contributed by atoms with E-state index in [4.69, 9.17) is 14.7 Å². The monoisotopic (exact) mass is 259 g/mol. The summed E-state index contributed by atoms with van der Waals surface area (Å²) < 4.78 is 10.8. The van der Waals surface area contributed by atoms with Crippen LogP contribution in [0.4, 0.5) is 0 Å². The fraction of sp³-hybridized carbons (Fsp3) is 0.467. The summed E-state index contributed by atoms with van der Waals surface area (Å²) in [6, 6.07) is 7.13. The Balaban J connectivity index is 1.92. The number of nitriles is 1. The predicted molar refractivity (Wildman–Crippen MR) is 70.2 cm³/mol. The highest BCUT2D eigenvalue weighted by molar-refractivity contribution is 5.82. The van der Waals surface area contributed by atoms with Crippen molar-refractivity contribution in [3.8, 4) is 17.6 Å². The fourth-order valence-electron chi connectivity index (χ4n) is 2.36. The first kappa shape index (κ1) is 13.4. The van der Waals surface area contributed by atoms with Crippen LogP contribution >= 0.6 is 0 Å². The van der Waals surface area contributed by atoms with Crippen molar-refractivity contribution < 1.29 is 14.3 Å². The van der Waals surface area contributed by atoms with Gasteiger partial charge in [-0.15, -0.1) is 0 Å². The summed E-state index contributed by atoms with van der Waals surface area (Å²) in [5, 5.41) is 8.81. The Morgan fingerprint density at radius 3 is 2.89 bits per heavy atom. The van der Waals surface area contributed by atoms with Gasteiger partial charge >= 0.3 is 0 Å². The third-order valence-corrected chi connectivity index (χ3v) is 3.45. The predicted octanol–water partition coefficient (Wildman–Crippen LogP) is 2.70.